The highest BCUT2D eigenvalue weighted by Crippen LogP contribution is 2.10. The Morgan fingerprint density at radius 2 is 1.36 bits per heavy atom. The highest BCUT2D eigenvalue weighted by atomic mass is 16.7. The van der Waals surface area contributed by atoms with Crippen LogP contribution >= 0.6 is 0 Å². The van der Waals surface area contributed by atoms with Crippen LogP contribution in [0.25, 0.3) is 0 Å². The van der Waals surface area contributed by atoms with E-state index < -0.39 is 18.6 Å². The third-order valence-electron chi connectivity index (χ3n) is 2.77. The maximum absolute atomic E-state index is 11.7. The molecule has 2 amide bonds. The van der Waals surface area contributed by atoms with E-state index in [-0.39, 0.29) is 0 Å². The molecule has 0 saturated carbocycles. The van der Waals surface area contributed by atoms with Gasteiger partial charge in [0.2, 0.25) is 0 Å². The zero-order valence-corrected chi connectivity index (χ0v) is 13.6. The number of hydrogen-bond acceptors (Lipinski definition) is 5. The SMILES string of the molecule is CN(C)C(=O)OC(OC(=O)N(C)C)N(C)Cc1ccccc1. The monoisotopic (exact) mass is 309 g/mol. The second kappa shape index (κ2) is 8.23. The van der Waals surface area contributed by atoms with Gasteiger partial charge in [0, 0.05) is 34.7 Å². The number of ether oxygens (including phenoxy) is 2. The summed E-state index contributed by atoms with van der Waals surface area (Å²) in [7, 11) is 7.95. The first kappa shape index (κ1) is 17.8. The molecule has 0 aliphatic rings. The van der Waals surface area contributed by atoms with Crippen molar-refractivity contribution < 1.29 is 19.1 Å². The Balaban J connectivity index is 2.78. The Labute approximate surface area is 131 Å². The van der Waals surface area contributed by atoms with E-state index in [1.807, 2.05) is 30.3 Å². The molecule has 0 saturated heterocycles. The highest BCUT2D eigenvalue weighted by molar-refractivity contribution is 5.68. The van der Waals surface area contributed by atoms with Crippen LogP contribution in [-0.4, -0.2) is 68.5 Å². The van der Waals surface area contributed by atoms with Crippen LogP contribution in [0.4, 0.5) is 9.59 Å². The normalized spacial score (nSPS) is 10.5. The Hall–Kier alpha value is -2.28. The molecule has 0 bridgehead atoms. The molecule has 122 valence electrons. The van der Waals surface area contributed by atoms with E-state index in [9.17, 15) is 9.59 Å². The molecule has 1 aromatic rings. The molecular formula is C15H23N3O4. The van der Waals surface area contributed by atoms with Crippen molar-refractivity contribution >= 4 is 12.2 Å². The number of carbonyl (C=O) groups excluding carboxylic acids is 2. The van der Waals surface area contributed by atoms with E-state index >= 15 is 0 Å². The standard InChI is InChI=1S/C15H23N3O4/c1-16(2)13(19)21-15(22-14(20)17(3)4)18(5)11-12-9-7-6-8-10-12/h6-10,15H,11H2,1-5H3. The minimum absolute atomic E-state index is 0.465. The first-order valence-corrected chi connectivity index (χ1v) is 6.81. The average Bonchev–Trinajstić information content (AvgIpc) is 2.46. The Bertz CT molecular complexity index is 469. The highest BCUT2D eigenvalue weighted by Gasteiger charge is 2.25. The first-order chi connectivity index (χ1) is 10.3. The molecule has 0 heterocycles. The molecule has 0 unspecified atom stereocenters. The van der Waals surface area contributed by atoms with E-state index in [4.69, 9.17) is 9.47 Å². The summed E-state index contributed by atoms with van der Waals surface area (Å²) < 4.78 is 10.4. The molecule has 0 fully saturated rings. The van der Waals surface area contributed by atoms with E-state index in [0.29, 0.717) is 6.54 Å². The lowest BCUT2D eigenvalue weighted by atomic mass is 10.2. The molecule has 7 heteroatoms. The predicted molar refractivity (Wildman–Crippen MR) is 82.0 cm³/mol. The van der Waals surface area contributed by atoms with E-state index in [0.717, 1.165) is 5.56 Å². The number of benzene rings is 1. The topological polar surface area (TPSA) is 62.3 Å². The molecule has 0 atom stereocenters. The molecule has 0 N–H and O–H groups in total. The van der Waals surface area contributed by atoms with Crippen molar-refractivity contribution in [2.24, 2.45) is 0 Å². The van der Waals surface area contributed by atoms with Crippen LogP contribution in [0.5, 0.6) is 0 Å². The predicted octanol–water partition coefficient (Wildman–Crippen LogP) is 1.80. The van der Waals surface area contributed by atoms with Crippen molar-refractivity contribution in [2.45, 2.75) is 13.0 Å². The van der Waals surface area contributed by atoms with Gasteiger partial charge in [0.15, 0.2) is 0 Å². The van der Waals surface area contributed by atoms with Crippen molar-refractivity contribution in [3.05, 3.63) is 35.9 Å². The van der Waals surface area contributed by atoms with Gasteiger partial charge in [0.05, 0.1) is 0 Å². The maximum atomic E-state index is 11.7. The van der Waals surface area contributed by atoms with Gasteiger partial charge in [-0.25, -0.2) is 14.5 Å². The van der Waals surface area contributed by atoms with Crippen molar-refractivity contribution in [3.8, 4) is 0 Å². The van der Waals surface area contributed by atoms with Gasteiger partial charge in [-0.1, -0.05) is 30.3 Å². The zero-order valence-electron chi connectivity index (χ0n) is 13.6. The second-order valence-corrected chi connectivity index (χ2v) is 5.26. The Morgan fingerprint density at radius 3 is 1.77 bits per heavy atom. The second-order valence-electron chi connectivity index (χ2n) is 5.26. The van der Waals surface area contributed by atoms with Crippen LogP contribution < -0.4 is 0 Å². The lowest BCUT2D eigenvalue weighted by Crippen LogP contribution is -2.43. The summed E-state index contributed by atoms with van der Waals surface area (Å²) in [6.45, 7) is 0.465. The zero-order chi connectivity index (χ0) is 16.7. The summed E-state index contributed by atoms with van der Waals surface area (Å²) in [4.78, 5) is 27.6. The van der Waals surface area contributed by atoms with E-state index in [1.165, 1.54) is 9.80 Å². The largest absolute Gasteiger partial charge is 0.413 e. The molecule has 0 spiro atoms. The molecule has 22 heavy (non-hydrogen) atoms. The van der Waals surface area contributed by atoms with Crippen molar-refractivity contribution in [3.63, 3.8) is 0 Å². The van der Waals surface area contributed by atoms with Crippen LogP contribution in [0.1, 0.15) is 5.56 Å². The molecule has 0 aliphatic carbocycles. The molecule has 7 nitrogen and oxygen atoms in total. The van der Waals surface area contributed by atoms with Gasteiger partial charge in [-0.05, 0) is 12.6 Å². The maximum Gasteiger partial charge on any atom is 0.413 e. The van der Waals surface area contributed by atoms with Crippen LogP contribution in [-0.2, 0) is 16.0 Å². The smallest absolute Gasteiger partial charge is 0.394 e. The Morgan fingerprint density at radius 1 is 0.909 bits per heavy atom. The molecular weight excluding hydrogens is 286 g/mol. The van der Waals surface area contributed by atoms with Gasteiger partial charge in [-0.15, -0.1) is 0 Å². The van der Waals surface area contributed by atoms with Crippen molar-refractivity contribution in [1.29, 1.82) is 0 Å². The molecule has 0 radical (unpaired) electrons. The summed E-state index contributed by atoms with van der Waals surface area (Å²) in [5.41, 5.74) is 1.01. The molecule has 0 aromatic heterocycles. The quantitative estimate of drug-likeness (QED) is 0.776. The third-order valence-corrected chi connectivity index (χ3v) is 2.77. The minimum Gasteiger partial charge on any atom is -0.394 e. The first-order valence-electron chi connectivity index (χ1n) is 6.81. The fraction of sp³-hybridized carbons (Fsp3) is 0.467. The van der Waals surface area contributed by atoms with Crippen LogP contribution in [0.3, 0.4) is 0 Å². The number of carbonyl (C=O) groups is 2. The summed E-state index contributed by atoms with van der Waals surface area (Å²) in [6, 6.07) is 9.62. The lowest BCUT2D eigenvalue weighted by Gasteiger charge is -2.28. The molecule has 1 aromatic carbocycles. The van der Waals surface area contributed by atoms with Gasteiger partial charge < -0.3 is 19.3 Å². The number of amides is 2. The van der Waals surface area contributed by atoms with Gasteiger partial charge in [-0.3, -0.25) is 0 Å². The third kappa shape index (κ3) is 5.61. The number of hydrogen-bond donors (Lipinski definition) is 0. The van der Waals surface area contributed by atoms with Crippen LogP contribution in [0.15, 0.2) is 30.3 Å². The molecule has 0 aliphatic heterocycles. The van der Waals surface area contributed by atoms with Gasteiger partial charge in [0.1, 0.15) is 0 Å². The summed E-state index contributed by atoms with van der Waals surface area (Å²) in [6.07, 6.45) is -2.28. The van der Waals surface area contributed by atoms with Crippen LogP contribution in [0, 0.1) is 0 Å². The van der Waals surface area contributed by atoms with Crippen LogP contribution in [0.2, 0.25) is 0 Å². The van der Waals surface area contributed by atoms with Crippen molar-refractivity contribution in [2.75, 3.05) is 35.2 Å². The molecule has 1 rings (SSSR count). The summed E-state index contributed by atoms with van der Waals surface area (Å²) >= 11 is 0. The van der Waals surface area contributed by atoms with E-state index in [2.05, 4.69) is 0 Å². The fourth-order valence-electron chi connectivity index (χ4n) is 1.53. The number of nitrogens with zero attached hydrogens (tertiary/aromatic N) is 3. The lowest BCUT2D eigenvalue weighted by molar-refractivity contribution is -0.160. The fourth-order valence-corrected chi connectivity index (χ4v) is 1.53. The van der Waals surface area contributed by atoms with Crippen molar-refractivity contribution in [1.82, 2.24) is 14.7 Å². The minimum atomic E-state index is -1.11. The van der Waals surface area contributed by atoms with Gasteiger partial charge >= 0.3 is 18.6 Å². The number of rotatable bonds is 5. The summed E-state index contributed by atoms with van der Waals surface area (Å²) in [5, 5.41) is 0. The average molecular weight is 309 g/mol. The van der Waals surface area contributed by atoms with Gasteiger partial charge in [-0.2, -0.15) is 0 Å². The van der Waals surface area contributed by atoms with Gasteiger partial charge in [0.25, 0.3) is 0 Å². The summed E-state index contributed by atoms with van der Waals surface area (Å²) in [5.74, 6) is 0. The van der Waals surface area contributed by atoms with E-state index in [1.54, 1.807) is 40.1 Å². The Kier molecular flexibility index (Phi) is 6.65.